The van der Waals surface area contributed by atoms with Gasteiger partial charge in [0.2, 0.25) is 0 Å². The summed E-state index contributed by atoms with van der Waals surface area (Å²) in [5.74, 6) is 6.84. The summed E-state index contributed by atoms with van der Waals surface area (Å²) >= 11 is 0. The van der Waals surface area contributed by atoms with Gasteiger partial charge >= 0.3 is 0 Å². The van der Waals surface area contributed by atoms with Crippen LogP contribution in [0.1, 0.15) is 23.5 Å². The summed E-state index contributed by atoms with van der Waals surface area (Å²) in [7, 11) is 4.43. The third kappa shape index (κ3) is 1.94. The van der Waals surface area contributed by atoms with Gasteiger partial charge in [0.15, 0.2) is 0 Å². The molecule has 1 saturated heterocycles. The fourth-order valence-corrected chi connectivity index (χ4v) is 4.65. The standard InChI is InChI=1S/C17H24N4/c1-20-9-11(8-19-18)6-14-13-4-3-5-15-17(13)12(7-16(14)20)10-21(15)2/h3-5,10-11,14,16,19H,6-9,18H2,1-2H3/t11-,14+,16+/m0/s1. The zero-order valence-electron chi connectivity index (χ0n) is 12.8. The number of hydrogen-bond acceptors (Lipinski definition) is 3. The number of piperidine rings is 1. The van der Waals surface area contributed by atoms with E-state index >= 15 is 0 Å². The Morgan fingerprint density at radius 2 is 2.19 bits per heavy atom. The summed E-state index contributed by atoms with van der Waals surface area (Å²) in [6.07, 6.45) is 4.75. The van der Waals surface area contributed by atoms with Crippen molar-refractivity contribution in [2.24, 2.45) is 18.8 Å². The largest absolute Gasteiger partial charge is 0.350 e. The number of rotatable bonds is 2. The number of nitrogens with zero attached hydrogens (tertiary/aromatic N) is 2. The van der Waals surface area contributed by atoms with Gasteiger partial charge in [-0.05, 0) is 43.0 Å². The van der Waals surface area contributed by atoms with Crippen molar-refractivity contribution < 1.29 is 0 Å². The van der Waals surface area contributed by atoms with Gasteiger partial charge in [-0.3, -0.25) is 11.3 Å². The molecule has 0 amide bonds. The van der Waals surface area contributed by atoms with Gasteiger partial charge in [0.05, 0.1) is 0 Å². The van der Waals surface area contributed by atoms with Crippen LogP contribution in [-0.2, 0) is 13.5 Å². The Morgan fingerprint density at radius 1 is 1.33 bits per heavy atom. The number of nitrogens with two attached hydrogens (primary N) is 1. The van der Waals surface area contributed by atoms with E-state index in [9.17, 15) is 0 Å². The Morgan fingerprint density at radius 3 is 3.00 bits per heavy atom. The smallest absolute Gasteiger partial charge is 0.0483 e. The number of aryl methyl sites for hydroxylation is 1. The van der Waals surface area contributed by atoms with E-state index in [0.29, 0.717) is 17.9 Å². The third-order valence-electron chi connectivity index (χ3n) is 5.52. The van der Waals surface area contributed by atoms with Crippen molar-refractivity contribution in [2.75, 3.05) is 20.1 Å². The number of likely N-dealkylation sites (N-methyl/N-ethyl adjacent to an activating group) is 1. The highest BCUT2D eigenvalue weighted by Crippen LogP contribution is 2.44. The van der Waals surface area contributed by atoms with E-state index in [2.05, 4.69) is 53.4 Å². The van der Waals surface area contributed by atoms with Crippen molar-refractivity contribution in [3.8, 4) is 0 Å². The highest BCUT2D eigenvalue weighted by atomic mass is 15.2. The van der Waals surface area contributed by atoms with Gasteiger partial charge in [-0.2, -0.15) is 0 Å². The van der Waals surface area contributed by atoms with Gasteiger partial charge < -0.3 is 9.47 Å². The average Bonchev–Trinajstić information content (AvgIpc) is 2.79. The van der Waals surface area contributed by atoms with E-state index in [1.165, 1.54) is 29.3 Å². The van der Waals surface area contributed by atoms with Gasteiger partial charge in [0, 0.05) is 49.2 Å². The zero-order chi connectivity index (χ0) is 14.6. The summed E-state index contributed by atoms with van der Waals surface area (Å²) in [6, 6.07) is 7.44. The van der Waals surface area contributed by atoms with Crippen LogP contribution < -0.4 is 11.3 Å². The third-order valence-corrected chi connectivity index (χ3v) is 5.52. The lowest BCUT2D eigenvalue weighted by Gasteiger charge is -2.45. The molecule has 2 heterocycles. The van der Waals surface area contributed by atoms with Crippen LogP contribution in [0.25, 0.3) is 10.9 Å². The van der Waals surface area contributed by atoms with Gasteiger partial charge in [0.25, 0.3) is 0 Å². The van der Waals surface area contributed by atoms with E-state index in [1.54, 1.807) is 5.56 Å². The lowest BCUT2D eigenvalue weighted by atomic mass is 9.72. The summed E-state index contributed by atoms with van der Waals surface area (Å²) in [5, 5.41) is 1.51. The molecule has 0 saturated carbocycles. The summed E-state index contributed by atoms with van der Waals surface area (Å²) < 4.78 is 2.28. The maximum absolute atomic E-state index is 5.56. The fraction of sp³-hybridized carbons (Fsp3) is 0.529. The van der Waals surface area contributed by atoms with E-state index in [1.807, 2.05) is 0 Å². The molecule has 21 heavy (non-hydrogen) atoms. The van der Waals surface area contributed by atoms with Crippen molar-refractivity contribution in [1.82, 2.24) is 14.9 Å². The van der Waals surface area contributed by atoms with E-state index in [4.69, 9.17) is 5.84 Å². The summed E-state index contributed by atoms with van der Waals surface area (Å²) in [6.45, 7) is 2.05. The first kappa shape index (κ1) is 13.3. The average molecular weight is 284 g/mol. The van der Waals surface area contributed by atoms with Gasteiger partial charge in [-0.15, -0.1) is 0 Å². The minimum atomic E-state index is 0.638. The molecule has 0 bridgehead atoms. The van der Waals surface area contributed by atoms with Gasteiger partial charge in [0.1, 0.15) is 0 Å². The molecule has 0 radical (unpaired) electrons. The highest BCUT2D eigenvalue weighted by Gasteiger charge is 2.39. The molecule has 3 N–H and O–H groups in total. The molecule has 1 aromatic heterocycles. The molecule has 0 spiro atoms. The van der Waals surface area contributed by atoms with Crippen molar-refractivity contribution in [3.63, 3.8) is 0 Å². The van der Waals surface area contributed by atoms with Crippen LogP contribution in [0, 0.1) is 5.92 Å². The second-order valence-corrected chi connectivity index (χ2v) is 6.83. The number of hydrogen-bond donors (Lipinski definition) is 2. The van der Waals surface area contributed by atoms with Crippen molar-refractivity contribution in [1.29, 1.82) is 0 Å². The van der Waals surface area contributed by atoms with Crippen LogP contribution in [0.2, 0.25) is 0 Å². The molecule has 112 valence electrons. The Hall–Kier alpha value is -1.36. The van der Waals surface area contributed by atoms with Crippen LogP contribution in [0.15, 0.2) is 24.4 Å². The van der Waals surface area contributed by atoms with E-state index < -0.39 is 0 Å². The van der Waals surface area contributed by atoms with Crippen LogP contribution in [0.4, 0.5) is 0 Å². The predicted molar refractivity (Wildman–Crippen MR) is 86.1 cm³/mol. The number of likely N-dealkylation sites (tertiary alicyclic amines) is 1. The van der Waals surface area contributed by atoms with Crippen molar-refractivity contribution in [2.45, 2.75) is 24.8 Å². The molecule has 3 atom stereocenters. The minimum Gasteiger partial charge on any atom is -0.350 e. The minimum absolute atomic E-state index is 0.638. The molecule has 2 aliphatic rings. The van der Waals surface area contributed by atoms with Crippen LogP contribution in [0.5, 0.6) is 0 Å². The van der Waals surface area contributed by atoms with Crippen molar-refractivity contribution >= 4 is 10.9 Å². The molecular formula is C17H24N4. The second kappa shape index (κ2) is 4.83. The monoisotopic (exact) mass is 284 g/mol. The summed E-state index contributed by atoms with van der Waals surface area (Å²) in [4.78, 5) is 2.55. The highest BCUT2D eigenvalue weighted by molar-refractivity contribution is 5.89. The Bertz CT molecular complexity index is 675. The van der Waals surface area contributed by atoms with Crippen molar-refractivity contribution in [3.05, 3.63) is 35.5 Å². The fourth-order valence-electron chi connectivity index (χ4n) is 4.65. The Kier molecular flexibility index (Phi) is 3.06. The number of fused-ring (bicyclic) bond motifs is 2. The normalized spacial score (nSPS) is 28.8. The maximum atomic E-state index is 5.56. The van der Waals surface area contributed by atoms with Crippen LogP contribution in [-0.4, -0.2) is 35.6 Å². The molecule has 1 aromatic carbocycles. The molecule has 0 unspecified atom stereocenters. The zero-order valence-corrected chi connectivity index (χ0v) is 12.8. The SMILES string of the molecule is CN1C[C@H](CNN)C[C@@H]2c3cccc4c3c(cn4C)C[C@H]21. The first-order valence-corrected chi connectivity index (χ1v) is 7.89. The number of benzene rings is 1. The van der Waals surface area contributed by atoms with Crippen LogP contribution >= 0.6 is 0 Å². The predicted octanol–water partition coefficient (Wildman–Crippen LogP) is 1.60. The molecule has 2 aromatic rings. The Labute approximate surface area is 125 Å². The molecule has 4 nitrogen and oxygen atoms in total. The first-order valence-electron chi connectivity index (χ1n) is 7.89. The lowest BCUT2D eigenvalue weighted by molar-refractivity contribution is 0.111. The number of nitrogens with one attached hydrogen (secondary N) is 1. The van der Waals surface area contributed by atoms with E-state index in [-0.39, 0.29) is 0 Å². The molecule has 1 aliphatic carbocycles. The van der Waals surface area contributed by atoms with Gasteiger partial charge in [-0.1, -0.05) is 12.1 Å². The Balaban J connectivity index is 1.82. The second-order valence-electron chi connectivity index (χ2n) is 6.83. The molecular weight excluding hydrogens is 260 g/mol. The topological polar surface area (TPSA) is 46.2 Å². The summed E-state index contributed by atoms with van der Waals surface area (Å²) in [5.41, 5.74) is 7.32. The molecule has 1 aliphatic heterocycles. The molecule has 4 heteroatoms. The van der Waals surface area contributed by atoms with Gasteiger partial charge in [-0.25, -0.2) is 0 Å². The molecule has 4 rings (SSSR count). The maximum Gasteiger partial charge on any atom is 0.0483 e. The van der Waals surface area contributed by atoms with E-state index in [0.717, 1.165) is 13.1 Å². The molecule has 1 fully saturated rings. The lowest BCUT2D eigenvalue weighted by Crippen LogP contribution is -2.50. The quantitative estimate of drug-likeness (QED) is 0.650. The number of hydrazine groups is 1. The number of aromatic nitrogens is 1. The first-order chi connectivity index (χ1) is 10.2. The van der Waals surface area contributed by atoms with Crippen LogP contribution in [0.3, 0.4) is 0 Å².